The number of hydrazine groups is 1. The topological polar surface area (TPSA) is 73.0 Å². The molecule has 7 heteroatoms. The van der Waals surface area contributed by atoms with E-state index in [-0.39, 0.29) is 24.3 Å². The zero-order chi connectivity index (χ0) is 15.9. The van der Waals surface area contributed by atoms with Crippen LogP contribution >= 0.6 is 0 Å². The Labute approximate surface area is 128 Å². The molecule has 0 saturated carbocycles. The fraction of sp³-hybridized carbons (Fsp3) is 0.400. The maximum absolute atomic E-state index is 12.4. The number of imide groups is 1. The maximum atomic E-state index is 12.4. The van der Waals surface area contributed by atoms with Crippen molar-refractivity contribution in [3.63, 3.8) is 0 Å². The Kier molecular flexibility index (Phi) is 3.48. The van der Waals surface area contributed by atoms with Crippen LogP contribution in [0, 0.1) is 5.92 Å². The average Bonchev–Trinajstić information content (AvgIpc) is 2.74. The molecular formula is C15H18N4O3. The summed E-state index contributed by atoms with van der Waals surface area (Å²) in [7, 11) is 3.35. The van der Waals surface area contributed by atoms with Crippen LogP contribution in [0.25, 0.3) is 0 Å². The number of nitrogens with zero attached hydrogens (tertiary/aromatic N) is 3. The monoisotopic (exact) mass is 302 g/mol. The minimum atomic E-state index is -0.497. The van der Waals surface area contributed by atoms with Crippen LogP contribution in [0.15, 0.2) is 24.3 Å². The van der Waals surface area contributed by atoms with Gasteiger partial charge in [0.25, 0.3) is 5.91 Å². The van der Waals surface area contributed by atoms with Crippen LogP contribution in [0.3, 0.4) is 0 Å². The van der Waals surface area contributed by atoms with Crippen LogP contribution in [0.2, 0.25) is 0 Å². The molecule has 3 rings (SSSR count). The number of rotatable bonds is 2. The normalized spacial score (nSPS) is 21.2. The summed E-state index contributed by atoms with van der Waals surface area (Å²) in [6, 6.07) is 7.46. The number of carbonyl (C=O) groups is 3. The van der Waals surface area contributed by atoms with Crippen LogP contribution in [0.5, 0.6) is 0 Å². The van der Waals surface area contributed by atoms with E-state index in [0.717, 1.165) is 21.2 Å². The zero-order valence-corrected chi connectivity index (χ0v) is 12.6. The fourth-order valence-corrected chi connectivity index (χ4v) is 2.90. The van der Waals surface area contributed by atoms with Crippen molar-refractivity contribution in [2.75, 3.05) is 32.1 Å². The van der Waals surface area contributed by atoms with Crippen molar-refractivity contribution < 1.29 is 14.4 Å². The van der Waals surface area contributed by atoms with E-state index in [1.165, 1.54) is 7.05 Å². The first-order valence-electron chi connectivity index (χ1n) is 7.15. The van der Waals surface area contributed by atoms with Gasteiger partial charge in [0.2, 0.25) is 5.91 Å². The molecule has 1 aromatic carbocycles. The zero-order valence-electron chi connectivity index (χ0n) is 12.6. The molecule has 0 radical (unpaired) electrons. The summed E-state index contributed by atoms with van der Waals surface area (Å²) in [5.41, 5.74) is 4.80. The number of hydrogen-bond acceptors (Lipinski definition) is 4. The molecule has 22 heavy (non-hydrogen) atoms. The molecule has 1 N–H and O–H groups in total. The third-order valence-corrected chi connectivity index (χ3v) is 4.16. The van der Waals surface area contributed by atoms with Gasteiger partial charge in [-0.05, 0) is 18.1 Å². The smallest absolute Gasteiger partial charge is 0.345 e. The van der Waals surface area contributed by atoms with Gasteiger partial charge in [-0.1, -0.05) is 18.2 Å². The van der Waals surface area contributed by atoms with Gasteiger partial charge in [-0.15, -0.1) is 0 Å². The van der Waals surface area contributed by atoms with Gasteiger partial charge in [0.05, 0.1) is 5.92 Å². The SMILES string of the molecule is CN1C(=O)CN(NC(=O)C2Cc3ccccc3N(C)C2)C1=O. The predicted octanol–water partition coefficient (Wildman–Crippen LogP) is 0.220. The van der Waals surface area contributed by atoms with Crippen molar-refractivity contribution in [3.8, 4) is 0 Å². The molecule has 1 unspecified atom stereocenters. The van der Waals surface area contributed by atoms with Crippen molar-refractivity contribution >= 4 is 23.5 Å². The summed E-state index contributed by atoms with van der Waals surface area (Å²) < 4.78 is 0. The molecule has 7 nitrogen and oxygen atoms in total. The number of likely N-dealkylation sites (N-methyl/N-ethyl adjacent to an activating group) is 1. The van der Waals surface area contributed by atoms with E-state index in [4.69, 9.17) is 0 Å². The molecule has 1 atom stereocenters. The van der Waals surface area contributed by atoms with E-state index in [0.29, 0.717) is 13.0 Å². The first-order chi connectivity index (χ1) is 10.5. The Morgan fingerprint density at radius 2 is 1.95 bits per heavy atom. The molecular weight excluding hydrogens is 284 g/mol. The van der Waals surface area contributed by atoms with E-state index >= 15 is 0 Å². The Bertz CT molecular complexity index is 645. The minimum Gasteiger partial charge on any atom is -0.374 e. The van der Waals surface area contributed by atoms with Crippen LogP contribution in [0.4, 0.5) is 10.5 Å². The minimum absolute atomic E-state index is 0.111. The summed E-state index contributed by atoms with van der Waals surface area (Å²) >= 11 is 0. The number of urea groups is 1. The number of anilines is 1. The van der Waals surface area contributed by atoms with Crippen molar-refractivity contribution in [1.29, 1.82) is 0 Å². The largest absolute Gasteiger partial charge is 0.374 e. The number of benzene rings is 1. The number of amides is 4. The van der Waals surface area contributed by atoms with Gasteiger partial charge in [-0.2, -0.15) is 0 Å². The summed E-state index contributed by atoms with van der Waals surface area (Å²) in [6.07, 6.45) is 0.623. The molecule has 4 amide bonds. The van der Waals surface area contributed by atoms with Crippen LogP contribution in [0.1, 0.15) is 5.56 Å². The van der Waals surface area contributed by atoms with E-state index in [1.807, 2.05) is 36.2 Å². The van der Waals surface area contributed by atoms with Crippen molar-refractivity contribution in [2.24, 2.45) is 5.92 Å². The lowest BCUT2D eigenvalue weighted by Crippen LogP contribution is -2.50. The molecule has 2 aliphatic rings. The quantitative estimate of drug-likeness (QED) is 0.793. The molecule has 2 heterocycles. The van der Waals surface area contributed by atoms with Gasteiger partial charge in [0.15, 0.2) is 0 Å². The lowest BCUT2D eigenvalue weighted by molar-refractivity contribution is -0.128. The van der Waals surface area contributed by atoms with Crippen molar-refractivity contribution in [1.82, 2.24) is 15.3 Å². The van der Waals surface area contributed by atoms with Gasteiger partial charge < -0.3 is 4.90 Å². The van der Waals surface area contributed by atoms with E-state index in [2.05, 4.69) is 5.43 Å². The second kappa shape index (κ2) is 5.32. The summed E-state index contributed by atoms with van der Waals surface area (Å²) in [6.45, 7) is 0.467. The summed E-state index contributed by atoms with van der Waals surface area (Å²) in [5, 5.41) is 1.07. The van der Waals surface area contributed by atoms with Crippen LogP contribution < -0.4 is 10.3 Å². The van der Waals surface area contributed by atoms with Crippen LogP contribution in [-0.4, -0.2) is 54.9 Å². The highest BCUT2D eigenvalue weighted by molar-refractivity contribution is 6.02. The van der Waals surface area contributed by atoms with E-state index < -0.39 is 6.03 Å². The van der Waals surface area contributed by atoms with E-state index in [1.54, 1.807) is 0 Å². The fourth-order valence-electron chi connectivity index (χ4n) is 2.90. The molecule has 1 aromatic rings. The number of hydrogen-bond donors (Lipinski definition) is 1. The Morgan fingerprint density at radius 3 is 2.64 bits per heavy atom. The van der Waals surface area contributed by atoms with Gasteiger partial charge in [-0.3, -0.25) is 19.9 Å². The lowest BCUT2D eigenvalue weighted by atomic mass is 9.92. The molecule has 2 aliphatic heterocycles. The Morgan fingerprint density at radius 1 is 1.23 bits per heavy atom. The first-order valence-corrected chi connectivity index (χ1v) is 7.15. The number of carbonyl (C=O) groups excluding carboxylic acids is 3. The number of fused-ring (bicyclic) bond motifs is 1. The third-order valence-electron chi connectivity index (χ3n) is 4.16. The molecule has 0 aromatic heterocycles. The van der Waals surface area contributed by atoms with Gasteiger partial charge in [-0.25, -0.2) is 9.80 Å². The Hall–Kier alpha value is -2.57. The molecule has 1 fully saturated rings. The highest BCUT2D eigenvalue weighted by atomic mass is 16.2. The highest BCUT2D eigenvalue weighted by Crippen LogP contribution is 2.28. The van der Waals surface area contributed by atoms with Gasteiger partial charge >= 0.3 is 6.03 Å². The summed E-state index contributed by atoms with van der Waals surface area (Å²) in [5.74, 6) is -0.817. The van der Waals surface area contributed by atoms with E-state index in [9.17, 15) is 14.4 Å². The van der Waals surface area contributed by atoms with Crippen molar-refractivity contribution in [2.45, 2.75) is 6.42 Å². The molecule has 0 aliphatic carbocycles. The molecule has 116 valence electrons. The average molecular weight is 302 g/mol. The van der Waals surface area contributed by atoms with Gasteiger partial charge in [0.1, 0.15) is 6.54 Å². The molecule has 1 saturated heterocycles. The highest BCUT2D eigenvalue weighted by Gasteiger charge is 2.36. The van der Waals surface area contributed by atoms with Crippen LogP contribution in [-0.2, 0) is 16.0 Å². The van der Waals surface area contributed by atoms with Gasteiger partial charge in [0, 0.05) is 26.3 Å². The maximum Gasteiger partial charge on any atom is 0.345 e. The predicted molar refractivity (Wildman–Crippen MR) is 79.9 cm³/mol. The van der Waals surface area contributed by atoms with Crippen molar-refractivity contribution in [3.05, 3.63) is 29.8 Å². The third kappa shape index (κ3) is 2.38. The second-order valence-electron chi connectivity index (χ2n) is 5.71. The number of para-hydroxylation sites is 1. The Balaban J connectivity index is 1.70. The molecule has 0 bridgehead atoms. The molecule has 0 spiro atoms. The second-order valence-corrected chi connectivity index (χ2v) is 5.71. The first kappa shape index (κ1) is 14.4. The lowest BCUT2D eigenvalue weighted by Gasteiger charge is -2.33. The number of nitrogens with one attached hydrogen (secondary N) is 1. The standard InChI is InChI=1S/C15H18N4O3/c1-17-8-11(7-10-5-3-4-6-12(10)17)14(21)16-19-9-13(20)18(2)15(19)22/h3-6,11H,7-9H2,1-2H3,(H,16,21). The summed E-state index contributed by atoms with van der Waals surface area (Å²) in [4.78, 5) is 38.7.